The predicted molar refractivity (Wildman–Crippen MR) is 66.0 cm³/mol. The molecule has 0 N–H and O–H groups in total. The van der Waals surface area contributed by atoms with E-state index in [1.807, 2.05) is 13.8 Å². The minimum atomic E-state index is -0.795. The summed E-state index contributed by atoms with van der Waals surface area (Å²) >= 11 is 0. The van der Waals surface area contributed by atoms with Crippen LogP contribution >= 0.6 is 0 Å². The van der Waals surface area contributed by atoms with Crippen molar-refractivity contribution in [3.05, 3.63) is 23.8 Å². The Morgan fingerprint density at radius 3 is 2.56 bits per heavy atom. The van der Waals surface area contributed by atoms with Crippen LogP contribution in [0.2, 0.25) is 0 Å². The van der Waals surface area contributed by atoms with Crippen LogP contribution < -0.4 is 9.47 Å². The highest BCUT2D eigenvalue weighted by Gasteiger charge is 2.13. The highest BCUT2D eigenvalue weighted by Crippen LogP contribution is 2.29. The van der Waals surface area contributed by atoms with Gasteiger partial charge in [0, 0.05) is 12.7 Å². The summed E-state index contributed by atoms with van der Waals surface area (Å²) in [5.74, 6) is 0.964. The van der Waals surface area contributed by atoms with Crippen LogP contribution in [0.15, 0.2) is 18.2 Å². The van der Waals surface area contributed by atoms with Gasteiger partial charge in [0.05, 0.1) is 13.2 Å². The van der Waals surface area contributed by atoms with Crippen molar-refractivity contribution in [3.8, 4) is 11.5 Å². The largest absolute Gasteiger partial charge is 0.490 e. The van der Waals surface area contributed by atoms with E-state index in [0.29, 0.717) is 30.3 Å². The Morgan fingerprint density at radius 2 is 2.00 bits per heavy atom. The maximum atomic E-state index is 10.7. The third kappa shape index (κ3) is 4.01. The van der Waals surface area contributed by atoms with Crippen LogP contribution in [-0.4, -0.2) is 33.1 Å². The molecule has 0 radical (unpaired) electrons. The van der Waals surface area contributed by atoms with E-state index < -0.39 is 6.48 Å². The molecular formula is C13H18O5. The van der Waals surface area contributed by atoms with Crippen molar-refractivity contribution in [1.29, 1.82) is 0 Å². The number of benzene rings is 1. The standard InChI is InChI=1S/C13H18O5/c1-4-16-12-8-10(9-14)6-7-11(12)18-13(15-3)17-5-2/h6-9,13H,4-5H2,1-3H3. The lowest BCUT2D eigenvalue weighted by Gasteiger charge is -2.18. The van der Waals surface area contributed by atoms with Crippen LogP contribution in [0.3, 0.4) is 0 Å². The second-order valence-electron chi connectivity index (χ2n) is 3.35. The second kappa shape index (κ2) is 7.68. The molecule has 1 rings (SSSR count). The molecule has 18 heavy (non-hydrogen) atoms. The van der Waals surface area contributed by atoms with Crippen molar-refractivity contribution in [1.82, 2.24) is 0 Å². The van der Waals surface area contributed by atoms with Crippen molar-refractivity contribution in [2.45, 2.75) is 20.3 Å². The second-order valence-corrected chi connectivity index (χ2v) is 3.35. The van der Waals surface area contributed by atoms with Gasteiger partial charge in [0.1, 0.15) is 6.29 Å². The third-order valence-corrected chi connectivity index (χ3v) is 2.12. The van der Waals surface area contributed by atoms with Gasteiger partial charge in [-0.25, -0.2) is 0 Å². The molecule has 1 atom stereocenters. The Morgan fingerprint density at radius 1 is 1.22 bits per heavy atom. The average Bonchev–Trinajstić information content (AvgIpc) is 2.40. The molecule has 1 aromatic carbocycles. The third-order valence-electron chi connectivity index (χ3n) is 2.12. The molecule has 0 aliphatic rings. The maximum absolute atomic E-state index is 10.7. The Balaban J connectivity index is 2.88. The Labute approximate surface area is 107 Å². The van der Waals surface area contributed by atoms with E-state index in [0.717, 1.165) is 6.29 Å². The Bertz CT molecular complexity index is 378. The van der Waals surface area contributed by atoms with Gasteiger partial charge in [-0.1, -0.05) is 0 Å². The van der Waals surface area contributed by atoms with Gasteiger partial charge in [-0.15, -0.1) is 0 Å². The molecular weight excluding hydrogens is 236 g/mol. The number of rotatable bonds is 8. The normalized spacial score (nSPS) is 11.9. The van der Waals surface area contributed by atoms with Crippen LogP contribution in [0.1, 0.15) is 24.2 Å². The van der Waals surface area contributed by atoms with Crippen molar-refractivity contribution in [3.63, 3.8) is 0 Å². The van der Waals surface area contributed by atoms with E-state index in [1.54, 1.807) is 18.2 Å². The molecule has 0 spiro atoms. The molecule has 0 fully saturated rings. The first-order valence-corrected chi connectivity index (χ1v) is 5.78. The molecule has 0 bridgehead atoms. The van der Waals surface area contributed by atoms with Crippen LogP contribution in [0.4, 0.5) is 0 Å². The summed E-state index contributed by atoms with van der Waals surface area (Å²) in [6, 6.07) is 4.91. The van der Waals surface area contributed by atoms with Crippen LogP contribution in [0, 0.1) is 0 Å². The lowest BCUT2D eigenvalue weighted by atomic mass is 10.2. The van der Waals surface area contributed by atoms with Gasteiger partial charge in [-0.3, -0.25) is 4.79 Å². The van der Waals surface area contributed by atoms with Crippen molar-refractivity contribution in [2.24, 2.45) is 0 Å². The molecule has 1 aromatic rings. The predicted octanol–water partition coefficient (Wildman–Crippen LogP) is 2.24. The number of ether oxygens (including phenoxy) is 4. The fraction of sp³-hybridized carbons (Fsp3) is 0.462. The van der Waals surface area contributed by atoms with E-state index in [-0.39, 0.29) is 0 Å². The molecule has 0 heterocycles. The monoisotopic (exact) mass is 254 g/mol. The molecule has 0 saturated heterocycles. The van der Waals surface area contributed by atoms with Crippen molar-refractivity contribution in [2.75, 3.05) is 20.3 Å². The van der Waals surface area contributed by atoms with E-state index in [9.17, 15) is 4.79 Å². The minimum Gasteiger partial charge on any atom is -0.490 e. The van der Waals surface area contributed by atoms with Crippen LogP contribution in [0.5, 0.6) is 11.5 Å². The molecule has 1 unspecified atom stereocenters. The Hall–Kier alpha value is -1.59. The van der Waals surface area contributed by atoms with Gasteiger partial charge >= 0.3 is 6.48 Å². The summed E-state index contributed by atoms with van der Waals surface area (Å²) in [7, 11) is 1.49. The van der Waals surface area contributed by atoms with E-state index in [1.165, 1.54) is 7.11 Å². The molecule has 100 valence electrons. The minimum absolute atomic E-state index is 0.467. The number of aldehydes is 1. The van der Waals surface area contributed by atoms with Gasteiger partial charge < -0.3 is 18.9 Å². The van der Waals surface area contributed by atoms with E-state index in [4.69, 9.17) is 18.9 Å². The molecule has 0 saturated carbocycles. The zero-order valence-corrected chi connectivity index (χ0v) is 10.8. The van der Waals surface area contributed by atoms with Crippen LogP contribution in [-0.2, 0) is 9.47 Å². The van der Waals surface area contributed by atoms with Crippen molar-refractivity contribution < 1.29 is 23.7 Å². The zero-order valence-electron chi connectivity index (χ0n) is 10.8. The average molecular weight is 254 g/mol. The summed E-state index contributed by atoms with van der Waals surface area (Å²) in [4.78, 5) is 10.7. The number of hydrogen-bond acceptors (Lipinski definition) is 5. The molecule has 0 aliphatic carbocycles. The number of methoxy groups -OCH3 is 1. The fourth-order valence-corrected chi connectivity index (χ4v) is 1.35. The number of hydrogen-bond donors (Lipinski definition) is 0. The van der Waals surface area contributed by atoms with Crippen LogP contribution in [0.25, 0.3) is 0 Å². The van der Waals surface area contributed by atoms with Gasteiger partial charge in [0.2, 0.25) is 0 Å². The van der Waals surface area contributed by atoms with Gasteiger partial charge in [-0.2, -0.15) is 0 Å². The highest BCUT2D eigenvalue weighted by molar-refractivity contribution is 5.76. The summed E-state index contributed by atoms with van der Waals surface area (Å²) in [5.41, 5.74) is 0.524. The smallest absolute Gasteiger partial charge is 0.315 e. The zero-order chi connectivity index (χ0) is 13.4. The summed E-state index contributed by atoms with van der Waals surface area (Å²) < 4.78 is 21.1. The topological polar surface area (TPSA) is 54.0 Å². The van der Waals surface area contributed by atoms with Gasteiger partial charge in [0.25, 0.3) is 0 Å². The molecule has 0 aliphatic heterocycles. The number of carbonyl (C=O) groups excluding carboxylic acids is 1. The van der Waals surface area contributed by atoms with Gasteiger partial charge in [-0.05, 0) is 32.0 Å². The first kappa shape index (κ1) is 14.5. The highest BCUT2D eigenvalue weighted by atomic mass is 16.8. The molecule has 0 amide bonds. The summed E-state index contributed by atoms with van der Waals surface area (Å²) in [6.07, 6.45) is 0.753. The first-order chi connectivity index (χ1) is 8.74. The fourth-order valence-electron chi connectivity index (χ4n) is 1.35. The Kier molecular flexibility index (Phi) is 6.18. The lowest BCUT2D eigenvalue weighted by Crippen LogP contribution is -2.22. The number of carbonyl (C=O) groups is 1. The summed E-state index contributed by atoms with van der Waals surface area (Å²) in [6.45, 7) is 3.85. The van der Waals surface area contributed by atoms with E-state index in [2.05, 4.69) is 0 Å². The molecule has 5 nitrogen and oxygen atoms in total. The quantitative estimate of drug-likeness (QED) is 0.526. The van der Waals surface area contributed by atoms with Gasteiger partial charge in [0.15, 0.2) is 11.5 Å². The SMILES string of the molecule is CCOc1cc(C=O)ccc1OC(OC)OCC. The summed E-state index contributed by atoms with van der Waals surface area (Å²) in [5, 5.41) is 0. The van der Waals surface area contributed by atoms with Crippen molar-refractivity contribution >= 4 is 6.29 Å². The van der Waals surface area contributed by atoms with E-state index >= 15 is 0 Å². The molecule has 0 aromatic heterocycles. The maximum Gasteiger partial charge on any atom is 0.315 e. The first-order valence-electron chi connectivity index (χ1n) is 5.78. The lowest BCUT2D eigenvalue weighted by molar-refractivity contribution is -0.231. The molecule has 5 heteroatoms.